The summed E-state index contributed by atoms with van der Waals surface area (Å²) in [6, 6.07) is 17.2. The Labute approximate surface area is 147 Å². The molecule has 3 heterocycles. The maximum atomic E-state index is 5.57. The Hall–Kier alpha value is -2.75. The molecule has 126 valence electrons. The molecule has 2 aliphatic heterocycles. The second-order valence-corrected chi connectivity index (χ2v) is 6.80. The molecule has 1 atom stereocenters. The molecule has 4 heteroatoms. The molecule has 0 spiro atoms. The Morgan fingerprint density at radius 3 is 2.80 bits per heavy atom. The van der Waals surface area contributed by atoms with Crippen LogP contribution in [0, 0.1) is 0 Å². The summed E-state index contributed by atoms with van der Waals surface area (Å²) < 4.78 is 11.0. The lowest BCUT2D eigenvalue weighted by molar-refractivity contribution is 0.174. The highest BCUT2D eigenvalue weighted by atomic mass is 16.7. The zero-order chi connectivity index (χ0) is 16.8. The van der Waals surface area contributed by atoms with Crippen molar-refractivity contribution in [2.45, 2.75) is 25.8 Å². The number of para-hydroxylation sites is 1. The van der Waals surface area contributed by atoms with Crippen molar-refractivity contribution in [3.63, 3.8) is 0 Å². The van der Waals surface area contributed by atoms with Crippen LogP contribution in [0.3, 0.4) is 0 Å². The van der Waals surface area contributed by atoms with Gasteiger partial charge in [0.2, 0.25) is 6.79 Å². The molecule has 1 saturated heterocycles. The number of anilines is 1. The lowest BCUT2D eigenvalue weighted by atomic mass is 10.1. The van der Waals surface area contributed by atoms with E-state index in [0.29, 0.717) is 12.8 Å². The highest BCUT2D eigenvalue weighted by Gasteiger charge is 2.25. The molecular formula is C21H20N2O2. The van der Waals surface area contributed by atoms with Crippen molar-refractivity contribution in [1.29, 1.82) is 0 Å². The van der Waals surface area contributed by atoms with Crippen molar-refractivity contribution in [3.05, 3.63) is 48.5 Å². The van der Waals surface area contributed by atoms with E-state index in [9.17, 15) is 0 Å². The number of rotatable bonds is 2. The SMILES string of the molecule is C[C@@H]1CCCN1c1cc2ccccc2nc1-c1ccc2c(c1)OCO2. The van der Waals surface area contributed by atoms with E-state index in [1.807, 2.05) is 18.2 Å². The van der Waals surface area contributed by atoms with E-state index in [-0.39, 0.29) is 0 Å². The van der Waals surface area contributed by atoms with Gasteiger partial charge in [0.1, 0.15) is 0 Å². The summed E-state index contributed by atoms with van der Waals surface area (Å²) in [5.41, 5.74) is 4.32. The van der Waals surface area contributed by atoms with E-state index in [1.165, 1.54) is 23.9 Å². The molecule has 2 aliphatic rings. The van der Waals surface area contributed by atoms with Crippen LogP contribution in [0.2, 0.25) is 0 Å². The van der Waals surface area contributed by atoms with Crippen LogP contribution in [0.1, 0.15) is 19.8 Å². The second-order valence-electron chi connectivity index (χ2n) is 6.80. The first-order valence-corrected chi connectivity index (χ1v) is 8.86. The van der Waals surface area contributed by atoms with Gasteiger partial charge in [-0.25, -0.2) is 4.98 Å². The topological polar surface area (TPSA) is 34.6 Å². The Bertz CT molecular complexity index is 954. The molecular weight excluding hydrogens is 312 g/mol. The molecule has 0 N–H and O–H groups in total. The molecule has 0 aliphatic carbocycles. The average molecular weight is 332 g/mol. The molecule has 25 heavy (non-hydrogen) atoms. The molecule has 4 nitrogen and oxygen atoms in total. The largest absolute Gasteiger partial charge is 0.454 e. The zero-order valence-electron chi connectivity index (χ0n) is 14.2. The second kappa shape index (κ2) is 5.66. The Morgan fingerprint density at radius 2 is 1.92 bits per heavy atom. The third-order valence-corrected chi connectivity index (χ3v) is 5.21. The van der Waals surface area contributed by atoms with E-state index in [1.54, 1.807) is 0 Å². The molecule has 5 rings (SSSR count). The van der Waals surface area contributed by atoms with Crippen molar-refractivity contribution in [1.82, 2.24) is 4.98 Å². The summed E-state index contributed by atoms with van der Waals surface area (Å²) >= 11 is 0. The third-order valence-electron chi connectivity index (χ3n) is 5.21. The number of hydrogen-bond donors (Lipinski definition) is 0. The van der Waals surface area contributed by atoms with Crippen molar-refractivity contribution >= 4 is 16.6 Å². The lowest BCUT2D eigenvalue weighted by Crippen LogP contribution is -2.27. The average Bonchev–Trinajstić information content (AvgIpc) is 3.28. The third kappa shape index (κ3) is 2.40. The Morgan fingerprint density at radius 1 is 1.04 bits per heavy atom. The van der Waals surface area contributed by atoms with Crippen LogP contribution in [-0.2, 0) is 0 Å². The standard InChI is InChI=1S/C21H20N2O2/c1-14-5-4-10-23(14)18-11-15-6-2-3-7-17(15)22-21(18)16-8-9-19-20(12-16)25-13-24-19/h2-3,6-9,11-12,14H,4-5,10,13H2,1H3/t14-/m1/s1. The van der Waals surface area contributed by atoms with Gasteiger partial charge in [-0.3, -0.25) is 0 Å². The number of aromatic nitrogens is 1. The molecule has 0 saturated carbocycles. The first-order chi connectivity index (χ1) is 12.3. The van der Waals surface area contributed by atoms with E-state index < -0.39 is 0 Å². The molecule has 3 aromatic rings. The molecule has 0 unspecified atom stereocenters. The van der Waals surface area contributed by atoms with Crippen LogP contribution >= 0.6 is 0 Å². The van der Waals surface area contributed by atoms with Crippen LogP contribution < -0.4 is 14.4 Å². The Kier molecular flexibility index (Phi) is 3.30. The molecule has 0 radical (unpaired) electrons. The highest BCUT2D eigenvalue weighted by molar-refractivity contribution is 5.90. The summed E-state index contributed by atoms with van der Waals surface area (Å²) in [7, 11) is 0. The maximum Gasteiger partial charge on any atom is 0.231 e. The normalized spacial score (nSPS) is 18.9. The smallest absolute Gasteiger partial charge is 0.231 e. The first kappa shape index (κ1) is 14.6. The fraction of sp³-hybridized carbons (Fsp3) is 0.286. The van der Waals surface area contributed by atoms with Gasteiger partial charge in [-0.2, -0.15) is 0 Å². The first-order valence-electron chi connectivity index (χ1n) is 8.86. The summed E-state index contributed by atoms with van der Waals surface area (Å²) in [4.78, 5) is 7.50. The Balaban J connectivity index is 1.72. The predicted octanol–water partition coefficient (Wildman–Crippen LogP) is 4.62. The molecule has 2 aromatic carbocycles. The summed E-state index contributed by atoms with van der Waals surface area (Å²) in [5, 5.41) is 1.18. The van der Waals surface area contributed by atoms with Crippen molar-refractivity contribution in [3.8, 4) is 22.8 Å². The van der Waals surface area contributed by atoms with Crippen LogP contribution in [0.15, 0.2) is 48.5 Å². The number of nitrogens with zero attached hydrogens (tertiary/aromatic N) is 2. The van der Waals surface area contributed by atoms with Crippen LogP contribution in [0.5, 0.6) is 11.5 Å². The summed E-state index contributed by atoms with van der Waals surface area (Å²) in [5.74, 6) is 1.61. The quantitative estimate of drug-likeness (QED) is 0.686. The monoisotopic (exact) mass is 332 g/mol. The summed E-state index contributed by atoms with van der Waals surface area (Å²) in [6.45, 7) is 3.67. The minimum Gasteiger partial charge on any atom is -0.454 e. The van der Waals surface area contributed by atoms with Crippen LogP contribution in [0.25, 0.3) is 22.2 Å². The van der Waals surface area contributed by atoms with E-state index in [2.05, 4.69) is 42.2 Å². The fourth-order valence-electron chi connectivity index (χ4n) is 3.87. The van der Waals surface area contributed by atoms with E-state index >= 15 is 0 Å². The fourth-order valence-corrected chi connectivity index (χ4v) is 3.87. The van der Waals surface area contributed by atoms with Gasteiger partial charge in [0.15, 0.2) is 11.5 Å². The maximum absolute atomic E-state index is 5.57. The van der Waals surface area contributed by atoms with Crippen molar-refractivity contribution in [2.75, 3.05) is 18.2 Å². The van der Waals surface area contributed by atoms with Gasteiger partial charge >= 0.3 is 0 Å². The number of hydrogen-bond acceptors (Lipinski definition) is 4. The summed E-state index contributed by atoms with van der Waals surface area (Å²) in [6.07, 6.45) is 2.46. The molecule has 0 bridgehead atoms. The number of benzene rings is 2. The predicted molar refractivity (Wildman–Crippen MR) is 99.3 cm³/mol. The molecule has 1 aromatic heterocycles. The molecule has 0 amide bonds. The van der Waals surface area contributed by atoms with Gasteiger partial charge < -0.3 is 14.4 Å². The van der Waals surface area contributed by atoms with Crippen molar-refractivity contribution < 1.29 is 9.47 Å². The van der Waals surface area contributed by atoms with Crippen LogP contribution in [0.4, 0.5) is 5.69 Å². The zero-order valence-corrected chi connectivity index (χ0v) is 14.2. The van der Waals surface area contributed by atoms with Gasteiger partial charge in [0.05, 0.1) is 16.9 Å². The van der Waals surface area contributed by atoms with Crippen molar-refractivity contribution in [2.24, 2.45) is 0 Å². The number of pyridine rings is 1. The highest BCUT2D eigenvalue weighted by Crippen LogP contribution is 2.40. The van der Waals surface area contributed by atoms with Gasteiger partial charge in [-0.15, -0.1) is 0 Å². The van der Waals surface area contributed by atoms with Crippen LogP contribution in [-0.4, -0.2) is 24.4 Å². The lowest BCUT2D eigenvalue weighted by Gasteiger charge is -2.26. The minimum atomic E-state index is 0.292. The number of fused-ring (bicyclic) bond motifs is 2. The van der Waals surface area contributed by atoms with Gasteiger partial charge in [-0.05, 0) is 50.1 Å². The number of ether oxygens (including phenoxy) is 2. The van der Waals surface area contributed by atoms with Gasteiger partial charge in [0.25, 0.3) is 0 Å². The minimum absolute atomic E-state index is 0.292. The van der Waals surface area contributed by atoms with Gasteiger partial charge in [-0.1, -0.05) is 18.2 Å². The van der Waals surface area contributed by atoms with Gasteiger partial charge in [0, 0.05) is 23.5 Å². The molecule has 1 fully saturated rings. The van der Waals surface area contributed by atoms with E-state index in [0.717, 1.165) is 34.8 Å². The van der Waals surface area contributed by atoms with E-state index in [4.69, 9.17) is 14.5 Å².